The quantitative estimate of drug-likeness (QED) is 0.300. The second-order valence-electron chi connectivity index (χ2n) is 9.22. The number of nitrogens with one attached hydrogen (secondary N) is 3. The van der Waals surface area contributed by atoms with Crippen molar-refractivity contribution in [2.45, 2.75) is 42.0 Å². The predicted octanol–water partition coefficient (Wildman–Crippen LogP) is 1.96. The molecule has 2 heterocycles. The van der Waals surface area contributed by atoms with Crippen molar-refractivity contribution in [1.82, 2.24) is 20.1 Å². The van der Waals surface area contributed by atoms with Crippen LogP contribution in [0.5, 0.6) is 5.75 Å². The molecule has 13 heteroatoms. The highest BCUT2D eigenvalue weighted by Crippen LogP contribution is 2.30. The summed E-state index contributed by atoms with van der Waals surface area (Å²) in [5, 5.41) is 2.87. The summed E-state index contributed by atoms with van der Waals surface area (Å²) >= 11 is 0. The average molecular weight is 551 g/mol. The fourth-order valence-corrected chi connectivity index (χ4v) is 6.28. The molecule has 3 N–H and O–H groups in total. The molecule has 1 saturated heterocycles. The molecule has 0 atom stereocenters. The van der Waals surface area contributed by atoms with Gasteiger partial charge < -0.3 is 10.1 Å². The second-order valence-corrected chi connectivity index (χ2v) is 12.9. The first-order chi connectivity index (χ1) is 17.6. The van der Waals surface area contributed by atoms with Gasteiger partial charge in [0.1, 0.15) is 10.6 Å². The van der Waals surface area contributed by atoms with Gasteiger partial charge in [0.15, 0.2) is 0 Å². The number of likely N-dealkylation sites (tertiary alicyclic amines) is 1. The van der Waals surface area contributed by atoms with Gasteiger partial charge in [0.25, 0.3) is 10.0 Å². The first-order valence-electron chi connectivity index (χ1n) is 12.3. The molecule has 0 amide bonds. The molecule has 2 aromatic carbocycles. The lowest BCUT2D eigenvalue weighted by Gasteiger charge is -2.26. The summed E-state index contributed by atoms with van der Waals surface area (Å²) in [4.78, 5) is 2.16. The largest absolute Gasteiger partial charge is 0.494 e. The Morgan fingerprint density at radius 3 is 2.65 bits per heavy atom. The minimum absolute atomic E-state index is 0.00190. The topological polar surface area (TPSA) is 132 Å². The van der Waals surface area contributed by atoms with Crippen LogP contribution in [-0.2, 0) is 26.6 Å². The van der Waals surface area contributed by atoms with Crippen LogP contribution in [0.1, 0.15) is 31.2 Å². The fraction of sp³-hybridized carbons (Fsp3) is 0.458. The van der Waals surface area contributed by atoms with Crippen molar-refractivity contribution in [3.63, 3.8) is 0 Å². The van der Waals surface area contributed by atoms with Crippen LogP contribution < -0.4 is 20.9 Å². The van der Waals surface area contributed by atoms with E-state index in [0.29, 0.717) is 19.6 Å². The van der Waals surface area contributed by atoms with Crippen LogP contribution in [0.25, 0.3) is 0 Å². The van der Waals surface area contributed by atoms with Crippen molar-refractivity contribution in [3.05, 3.63) is 48.0 Å². The Morgan fingerprint density at radius 1 is 1.11 bits per heavy atom. The lowest BCUT2D eigenvalue weighted by molar-refractivity contribution is 0.220. The molecule has 2 aliphatic rings. The number of hydrazine groups is 1. The van der Waals surface area contributed by atoms with Crippen LogP contribution >= 0.6 is 0 Å². The van der Waals surface area contributed by atoms with Crippen LogP contribution in [0, 0.1) is 0 Å². The highest BCUT2D eigenvalue weighted by atomic mass is 32.2. The van der Waals surface area contributed by atoms with Crippen LogP contribution in [0.2, 0.25) is 0 Å². The maximum atomic E-state index is 12.7. The van der Waals surface area contributed by atoms with E-state index >= 15 is 0 Å². The highest BCUT2D eigenvalue weighted by molar-refractivity contribution is 7.91. The van der Waals surface area contributed by atoms with Crippen LogP contribution in [0.4, 0.5) is 5.69 Å². The Labute approximate surface area is 219 Å². The summed E-state index contributed by atoms with van der Waals surface area (Å²) in [5.41, 5.74) is 7.17. The fourth-order valence-electron chi connectivity index (χ4n) is 4.17. The Morgan fingerprint density at radius 2 is 1.89 bits per heavy atom. The van der Waals surface area contributed by atoms with Crippen LogP contribution in [0.3, 0.4) is 0 Å². The number of rotatable bonds is 10. The van der Waals surface area contributed by atoms with Crippen LogP contribution in [-0.4, -0.2) is 72.3 Å². The zero-order chi connectivity index (χ0) is 26.5. The molecule has 0 radical (unpaired) electrons. The van der Waals surface area contributed by atoms with Crippen molar-refractivity contribution < 1.29 is 21.6 Å². The first kappa shape index (κ1) is 27.3. The molecular formula is C24H34N6O5S2. The zero-order valence-corrected chi connectivity index (χ0v) is 22.7. The van der Waals surface area contributed by atoms with E-state index in [1.807, 2.05) is 12.1 Å². The summed E-state index contributed by atoms with van der Waals surface area (Å²) in [7, 11) is -5.10. The summed E-state index contributed by atoms with van der Waals surface area (Å²) in [6.45, 7) is 4.23. The van der Waals surface area contributed by atoms with Crippen molar-refractivity contribution in [1.29, 1.82) is 0 Å². The molecule has 1 fully saturated rings. The van der Waals surface area contributed by atoms with Crippen molar-refractivity contribution >= 4 is 31.7 Å². The van der Waals surface area contributed by atoms with Gasteiger partial charge in [0.05, 0.1) is 17.2 Å². The van der Waals surface area contributed by atoms with E-state index in [4.69, 9.17) is 4.74 Å². The van der Waals surface area contributed by atoms with Gasteiger partial charge in [-0.05, 0) is 68.2 Å². The van der Waals surface area contributed by atoms with E-state index in [-0.39, 0.29) is 21.4 Å². The smallest absolute Gasteiger partial charge is 0.287 e. The minimum atomic E-state index is -4.09. The van der Waals surface area contributed by atoms with E-state index in [2.05, 4.69) is 37.6 Å². The van der Waals surface area contributed by atoms with E-state index < -0.39 is 20.0 Å². The third-order valence-corrected chi connectivity index (χ3v) is 9.28. The van der Waals surface area contributed by atoms with Crippen molar-refractivity contribution in [3.8, 4) is 5.75 Å². The standard InChI is InChI=1S/C24H34N6O5S2/c1-29(2)37(33,34)21-10-11-22-23(17-21)36(31,32)28-24(26-22)27-25-12-7-15-35-20-9-6-8-19(16-20)18-30-13-4-3-5-14-30/h6,8-11,16-17,25H,3-5,7,12-15,18H2,1-2H3,(H2,26,27,28). The number of hydrogen-bond acceptors (Lipinski definition) is 9. The number of benzene rings is 2. The predicted molar refractivity (Wildman–Crippen MR) is 142 cm³/mol. The first-order valence-corrected chi connectivity index (χ1v) is 15.1. The van der Waals surface area contributed by atoms with Gasteiger partial charge in [-0.2, -0.15) is 8.42 Å². The van der Waals surface area contributed by atoms with Gasteiger partial charge in [-0.3, -0.25) is 10.3 Å². The number of ether oxygens (including phenoxy) is 1. The zero-order valence-electron chi connectivity index (χ0n) is 21.1. The van der Waals surface area contributed by atoms with E-state index in [9.17, 15) is 16.8 Å². The van der Waals surface area contributed by atoms with Crippen LogP contribution in [0.15, 0.2) is 56.7 Å². The highest BCUT2D eigenvalue weighted by Gasteiger charge is 2.28. The molecule has 11 nitrogen and oxygen atoms in total. The SMILES string of the molecule is CN(C)S(=O)(=O)c1ccc2c(c1)S(=O)(=O)N=C(NNCCCOc1cccc(CN3CCCCC3)c1)N2. The average Bonchev–Trinajstić information content (AvgIpc) is 2.86. The van der Waals surface area contributed by atoms with E-state index in [1.165, 1.54) is 51.1 Å². The molecule has 2 aliphatic heterocycles. The molecule has 0 aliphatic carbocycles. The molecule has 0 aromatic heterocycles. The van der Waals surface area contributed by atoms with Gasteiger partial charge in [0, 0.05) is 27.2 Å². The molecule has 0 unspecified atom stereocenters. The normalized spacial score (nSPS) is 17.5. The monoisotopic (exact) mass is 550 g/mol. The van der Waals surface area contributed by atoms with Gasteiger partial charge in [-0.1, -0.05) is 18.6 Å². The molecule has 0 saturated carbocycles. The third kappa shape index (κ3) is 6.99. The number of anilines is 1. The van der Waals surface area contributed by atoms with Crippen molar-refractivity contribution in [2.75, 3.05) is 45.7 Å². The summed E-state index contributed by atoms with van der Waals surface area (Å²) in [6.07, 6.45) is 4.52. The summed E-state index contributed by atoms with van der Waals surface area (Å²) < 4.78 is 60.6. The summed E-state index contributed by atoms with van der Waals surface area (Å²) in [5.74, 6) is 0.834. The number of sulfonamides is 2. The number of hydrogen-bond donors (Lipinski definition) is 3. The lowest BCUT2D eigenvalue weighted by atomic mass is 10.1. The Bertz CT molecular complexity index is 1340. The molecule has 37 heavy (non-hydrogen) atoms. The number of guanidine groups is 1. The van der Waals surface area contributed by atoms with Gasteiger partial charge in [-0.15, -0.1) is 4.40 Å². The molecule has 4 rings (SSSR count). The maximum absolute atomic E-state index is 12.7. The molecule has 202 valence electrons. The number of fused-ring (bicyclic) bond motifs is 1. The lowest BCUT2D eigenvalue weighted by Crippen LogP contribution is -2.44. The third-order valence-electron chi connectivity index (χ3n) is 6.15. The molecule has 2 aromatic rings. The van der Waals surface area contributed by atoms with Gasteiger partial charge >= 0.3 is 0 Å². The molecular weight excluding hydrogens is 516 g/mol. The van der Waals surface area contributed by atoms with E-state index in [1.54, 1.807) is 0 Å². The number of piperidine rings is 1. The van der Waals surface area contributed by atoms with Gasteiger partial charge in [0.2, 0.25) is 16.0 Å². The Kier molecular flexibility index (Phi) is 8.70. The maximum Gasteiger partial charge on any atom is 0.287 e. The minimum Gasteiger partial charge on any atom is -0.494 e. The van der Waals surface area contributed by atoms with Gasteiger partial charge in [-0.25, -0.2) is 18.1 Å². The Balaban J connectivity index is 1.24. The van der Waals surface area contributed by atoms with Crippen molar-refractivity contribution in [2.24, 2.45) is 4.40 Å². The number of nitrogens with zero attached hydrogens (tertiary/aromatic N) is 3. The summed E-state index contributed by atoms with van der Waals surface area (Å²) in [6, 6.07) is 12.0. The van der Waals surface area contributed by atoms with E-state index in [0.717, 1.165) is 35.8 Å². The second kappa shape index (κ2) is 11.8. The Hall–Kier alpha value is -2.71. The molecule has 0 spiro atoms. The molecule has 0 bridgehead atoms.